The number of hydrogen-bond donors (Lipinski definition) is 2. The third-order valence-electron chi connectivity index (χ3n) is 3.95. The fraction of sp³-hybridized carbons (Fsp3) is 0.412. The molecule has 4 nitrogen and oxygen atoms in total. The molecule has 22 heavy (non-hydrogen) atoms. The Labute approximate surface area is 135 Å². The number of amides is 1. The van der Waals surface area contributed by atoms with Crippen LogP contribution in [0.15, 0.2) is 30.3 Å². The summed E-state index contributed by atoms with van der Waals surface area (Å²) in [6.07, 6.45) is 2.85. The highest BCUT2D eigenvalue weighted by Gasteiger charge is 2.18. The smallest absolute Gasteiger partial charge is 0.221 e. The number of benzene rings is 1. The molecule has 0 saturated carbocycles. The zero-order valence-electron chi connectivity index (χ0n) is 12.8. The summed E-state index contributed by atoms with van der Waals surface area (Å²) in [4.78, 5) is 17.7. The van der Waals surface area contributed by atoms with Crippen molar-refractivity contribution >= 4 is 17.2 Å². The molecule has 5 heteroatoms. The van der Waals surface area contributed by atoms with Gasteiger partial charge in [0.15, 0.2) is 0 Å². The Bertz CT molecular complexity index is 633. The molecule has 1 aromatic heterocycles. The zero-order chi connectivity index (χ0) is 15.4. The highest BCUT2D eigenvalue weighted by Crippen LogP contribution is 2.27. The van der Waals surface area contributed by atoms with Crippen molar-refractivity contribution < 1.29 is 4.79 Å². The molecule has 1 saturated heterocycles. The van der Waals surface area contributed by atoms with Gasteiger partial charge in [0.1, 0.15) is 5.01 Å². The summed E-state index contributed by atoms with van der Waals surface area (Å²) in [6, 6.07) is 10.5. The van der Waals surface area contributed by atoms with Crippen LogP contribution in [-0.4, -0.2) is 23.5 Å². The molecular weight excluding hydrogens is 294 g/mol. The number of carbonyl (C=O) groups is 1. The number of aryl methyl sites for hydroxylation is 1. The van der Waals surface area contributed by atoms with E-state index in [4.69, 9.17) is 0 Å². The van der Waals surface area contributed by atoms with E-state index in [1.807, 2.05) is 25.1 Å². The average Bonchev–Trinajstić information content (AvgIpc) is 3.16. The van der Waals surface area contributed by atoms with Crippen molar-refractivity contribution in [2.75, 3.05) is 6.54 Å². The first-order chi connectivity index (χ1) is 10.7. The number of carbonyl (C=O) groups excluding carboxylic acids is 1. The SMILES string of the molecule is Cc1nc(-c2ccccc2)sc1CNC(=O)CC1CCCN1. The first-order valence-electron chi connectivity index (χ1n) is 7.74. The first kappa shape index (κ1) is 15.2. The molecule has 0 spiro atoms. The van der Waals surface area contributed by atoms with Crippen molar-refractivity contribution in [1.82, 2.24) is 15.6 Å². The van der Waals surface area contributed by atoms with Crippen molar-refractivity contribution in [2.24, 2.45) is 0 Å². The second-order valence-electron chi connectivity index (χ2n) is 5.67. The van der Waals surface area contributed by atoms with Crippen LogP contribution in [0.1, 0.15) is 29.8 Å². The second-order valence-corrected chi connectivity index (χ2v) is 6.75. The van der Waals surface area contributed by atoms with Crippen LogP contribution < -0.4 is 10.6 Å². The van der Waals surface area contributed by atoms with Crippen LogP contribution in [0.3, 0.4) is 0 Å². The predicted molar refractivity (Wildman–Crippen MR) is 89.8 cm³/mol. The van der Waals surface area contributed by atoms with Crippen molar-refractivity contribution in [3.05, 3.63) is 40.9 Å². The van der Waals surface area contributed by atoms with Gasteiger partial charge in [-0.2, -0.15) is 0 Å². The van der Waals surface area contributed by atoms with E-state index in [-0.39, 0.29) is 5.91 Å². The second kappa shape index (κ2) is 7.03. The molecule has 1 aromatic carbocycles. The van der Waals surface area contributed by atoms with Crippen molar-refractivity contribution in [2.45, 2.75) is 38.8 Å². The van der Waals surface area contributed by atoms with Crippen LogP contribution in [0.4, 0.5) is 0 Å². The molecule has 3 rings (SSSR count). The molecule has 1 aliphatic heterocycles. The lowest BCUT2D eigenvalue weighted by atomic mass is 10.1. The highest BCUT2D eigenvalue weighted by molar-refractivity contribution is 7.15. The predicted octanol–water partition coefficient (Wildman–Crippen LogP) is 2.88. The van der Waals surface area contributed by atoms with Crippen molar-refractivity contribution in [3.8, 4) is 10.6 Å². The van der Waals surface area contributed by atoms with Crippen LogP contribution in [0.2, 0.25) is 0 Å². The number of hydrogen-bond acceptors (Lipinski definition) is 4. The maximum Gasteiger partial charge on any atom is 0.221 e. The third kappa shape index (κ3) is 3.72. The Morgan fingerprint density at radius 1 is 1.41 bits per heavy atom. The number of aromatic nitrogens is 1. The lowest BCUT2D eigenvalue weighted by Crippen LogP contribution is -2.31. The Morgan fingerprint density at radius 2 is 2.23 bits per heavy atom. The first-order valence-corrected chi connectivity index (χ1v) is 8.56. The van der Waals surface area contributed by atoms with Crippen LogP contribution in [0.25, 0.3) is 10.6 Å². The normalized spacial score (nSPS) is 17.6. The number of nitrogens with one attached hydrogen (secondary N) is 2. The molecule has 0 radical (unpaired) electrons. The number of thiazole rings is 1. The molecule has 2 N–H and O–H groups in total. The van der Waals surface area contributed by atoms with E-state index >= 15 is 0 Å². The largest absolute Gasteiger partial charge is 0.351 e. The molecule has 0 aliphatic carbocycles. The van der Waals surface area contributed by atoms with Gasteiger partial charge in [0, 0.05) is 22.9 Å². The number of rotatable bonds is 5. The van der Waals surface area contributed by atoms with Gasteiger partial charge >= 0.3 is 0 Å². The molecule has 116 valence electrons. The molecule has 1 aliphatic rings. The maximum absolute atomic E-state index is 12.0. The standard InChI is InChI=1S/C17H21N3OS/c1-12-15(11-19-16(21)10-14-8-5-9-18-14)22-17(20-12)13-6-3-2-4-7-13/h2-4,6-7,14,18H,5,8-11H2,1H3,(H,19,21). The molecular formula is C17H21N3OS. The van der Waals surface area contributed by atoms with Gasteiger partial charge in [-0.15, -0.1) is 11.3 Å². The van der Waals surface area contributed by atoms with Gasteiger partial charge in [0.2, 0.25) is 5.91 Å². The van der Waals surface area contributed by atoms with E-state index in [0.29, 0.717) is 19.0 Å². The molecule has 1 amide bonds. The lowest BCUT2D eigenvalue weighted by molar-refractivity contribution is -0.121. The minimum absolute atomic E-state index is 0.119. The molecule has 1 atom stereocenters. The zero-order valence-corrected chi connectivity index (χ0v) is 13.6. The number of nitrogens with zero attached hydrogens (tertiary/aromatic N) is 1. The summed E-state index contributed by atoms with van der Waals surface area (Å²) >= 11 is 1.66. The van der Waals surface area contributed by atoms with Gasteiger partial charge in [0.25, 0.3) is 0 Å². The lowest BCUT2D eigenvalue weighted by Gasteiger charge is -2.09. The third-order valence-corrected chi connectivity index (χ3v) is 5.16. The summed E-state index contributed by atoms with van der Waals surface area (Å²) in [5, 5.41) is 7.39. The maximum atomic E-state index is 12.0. The van der Waals surface area contributed by atoms with Gasteiger partial charge in [0.05, 0.1) is 12.2 Å². The van der Waals surface area contributed by atoms with Crippen LogP contribution >= 0.6 is 11.3 Å². The van der Waals surface area contributed by atoms with E-state index in [9.17, 15) is 4.79 Å². The van der Waals surface area contributed by atoms with Gasteiger partial charge in [-0.25, -0.2) is 4.98 Å². The van der Waals surface area contributed by atoms with Gasteiger partial charge in [-0.3, -0.25) is 4.79 Å². The highest BCUT2D eigenvalue weighted by atomic mass is 32.1. The topological polar surface area (TPSA) is 54.0 Å². The molecule has 2 aromatic rings. The van der Waals surface area contributed by atoms with E-state index < -0.39 is 0 Å². The average molecular weight is 315 g/mol. The van der Waals surface area contributed by atoms with Crippen molar-refractivity contribution in [3.63, 3.8) is 0 Å². The molecule has 1 fully saturated rings. The minimum atomic E-state index is 0.119. The van der Waals surface area contributed by atoms with Crippen LogP contribution in [0.5, 0.6) is 0 Å². The Morgan fingerprint density at radius 3 is 2.95 bits per heavy atom. The Kier molecular flexibility index (Phi) is 4.85. The Hall–Kier alpha value is -1.72. The summed E-state index contributed by atoms with van der Waals surface area (Å²) in [5.41, 5.74) is 2.13. The molecule has 2 heterocycles. The Balaban J connectivity index is 1.58. The van der Waals surface area contributed by atoms with Crippen LogP contribution in [0, 0.1) is 6.92 Å². The monoisotopic (exact) mass is 315 g/mol. The fourth-order valence-electron chi connectivity index (χ4n) is 2.70. The summed E-state index contributed by atoms with van der Waals surface area (Å²) in [5.74, 6) is 0.119. The molecule has 1 unspecified atom stereocenters. The van der Waals surface area contributed by atoms with E-state index in [0.717, 1.165) is 34.1 Å². The molecule has 0 bridgehead atoms. The van der Waals surface area contributed by atoms with Gasteiger partial charge in [-0.05, 0) is 26.3 Å². The van der Waals surface area contributed by atoms with Gasteiger partial charge < -0.3 is 10.6 Å². The summed E-state index contributed by atoms with van der Waals surface area (Å²) < 4.78 is 0. The quantitative estimate of drug-likeness (QED) is 0.892. The van der Waals surface area contributed by atoms with E-state index in [1.165, 1.54) is 6.42 Å². The van der Waals surface area contributed by atoms with Crippen molar-refractivity contribution in [1.29, 1.82) is 0 Å². The van der Waals surface area contributed by atoms with E-state index in [2.05, 4.69) is 27.8 Å². The van der Waals surface area contributed by atoms with E-state index in [1.54, 1.807) is 11.3 Å². The van der Waals surface area contributed by atoms with Crippen LogP contribution in [-0.2, 0) is 11.3 Å². The summed E-state index contributed by atoms with van der Waals surface area (Å²) in [6.45, 7) is 3.61. The fourth-order valence-corrected chi connectivity index (χ4v) is 3.71. The summed E-state index contributed by atoms with van der Waals surface area (Å²) in [7, 11) is 0. The minimum Gasteiger partial charge on any atom is -0.351 e. The van der Waals surface area contributed by atoms with Gasteiger partial charge in [-0.1, -0.05) is 30.3 Å².